The summed E-state index contributed by atoms with van der Waals surface area (Å²) in [6, 6.07) is 5.32. The van der Waals surface area contributed by atoms with Crippen LogP contribution in [0.5, 0.6) is 0 Å². The molecule has 3 heteroatoms. The van der Waals surface area contributed by atoms with Gasteiger partial charge in [-0.05, 0) is 49.3 Å². The molecule has 2 nitrogen and oxygen atoms in total. The van der Waals surface area contributed by atoms with Gasteiger partial charge in [0.05, 0.1) is 11.7 Å². The molecule has 1 aliphatic carbocycles. The van der Waals surface area contributed by atoms with Crippen LogP contribution in [-0.2, 0) is 6.42 Å². The number of hydrogen-bond donors (Lipinski definition) is 1. The molecule has 0 amide bonds. The molecule has 0 bridgehead atoms. The topological polar surface area (TPSA) is 24.9 Å². The van der Waals surface area contributed by atoms with Crippen LogP contribution in [0, 0.1) is 0 Å². The van der Waals surface area contributed by atoms with E-state index < -0.39 is 0 Å². The zero-order valence-corrected chi connectivity index (χ0v) is 11.6. The highest BCUT2D eigenvalue weighted by atomic mass is 32.2. The Kier molecular flexibility index (Phi) is 4.86. The van der Waals surface area contributed by atoms with Gasteiger partial charge in [0.15, 0.2) is 0 Å². The van der Waals surface area contributed by atoms with E-state index >= 15 is 0 Å². The molecule has 1 aromatic heterocycles. The second-order valence-corrected chi connectivity index (χ2v) is 6.09. The lowest BCUT2D eigenvalue weighted by atomic mass is 10.1. The monoisotopic (exact) mass is 250 g/mol. The number of aromatic nitrogens is 1. The van der Waals surface area contributed by atoms with Crippen LogP contribution in [0.1, 0.15) is 44.0 Å². The van der Waals surface area contributed by atoms with Crippen molar-refractivity contribution >= 4 is 11.8 Å². The van der Waals surface area contributed by atoms with Crippen LogP contribution in [-0.4, -0.2) is 22.5 Å². The fraction of sp³-hybridized carbons (Fsp3) is 0.643. The summed E-state index contributed by atoms with van der Waals surface area (Å²) in [5.74, 6) is 2.48. The van der Waals surface area contributed by atoms with E-state index in [0.717, 1.165) is 0 Å². The molecule has 1 N–H and O–H groups in total. The minimum atomic E-state index is 0.479. The molecule has 17 heavy (non-hydrogen) atoms. The van der Waals surface area contributed by atoms with Crippen molar-refractivity contribution in [1.82, 2.24) is 10.3 Å². The molecule has 1 aliphatic rings. The largest absolute Gasteiger partial charge is 0.306 e. The van der Waals surface area contributed by atoms with Gasteiger partial charge in [-0.15, -0.1) is 0 Å². The molecule has 94 valence electrons. The SMILES string of the molecule is CCSCCC(C)NC1CCc2cccnc21. The van der Waals surface area contributed by atoms with Gasteiger partial charge < -0.3 is 5.32 Å². The Morgan fingerprint density at radius 3 is 3.29 bits per heavy atom. The molecule has 1 heterocycles. The summed E-state index contributed by atoms with van der Waals surface area (Å²) in [6.07, 6.45) is 5.54. The first-order valence-corrected chi connectivity index (χ1v) is 7.74. The Hall–Kier alpha value is -0.540. The van der Waals surface area contributed by atoms with Crippen LogP contribution in [0.15, 0.2) is 18.3 Å². The van der Waals surface area contributed by atoms with E-state index in [1.54, 1.807) is 0 Å². The summed E-state index contributed by atoms with van der Waals surface area (Å²) in [5, 5.41) is 3.72. The minimum Gasteiger partial charge on any atom is -0.306 e. The number of hydrogen-bond acceptors (Lipinski definition) is 3. The fourth-order valence-electron chi connectivity index (χ4n) is 2.41. The Balaban J connectivity index is 1.84. The summed E-state index contributed by atoms with van der Waals surface area (Å²) < 4.78 is 0. The molecular weight excluding hydrogens is 228 g/mol. The van der Waals surface area contributed by atoms with Gasteiger partial charge in [0.1, 0.15) is 0 Å². The molecule has 0 fully saturated rings. The number of fused-ring (bicyclic) bond motifs is 1. The van der Waals surface area contributed by atoms with Gasteiger partial charge in [-0.3, -0.25) is 4.98 Å². The van der Waals surface area contributed by atoms with E-state index in [4.69, 9.17) is 0 Å². The summed E-state index contributed by atoms with van der Waals surface area (Å²) in [6.45, 7) is 4.51. The van der Waals surface area contributed by atoms with Gasteiger partial charge >= 0.3 is 0 Å². The van der Waals surface area contributed by atoms with E-state index in [0.29, 0.717) is 12.1 Å². The maximum atomic E-state index is 4.52. The van der Waals surface area contributed by atoms with Crippen molar-refractivity contribution in [2.75, 3.05) is 11.5 Å². The summed E-state index contributed by atoms with van der Waals surface area (Å²) in [7, 11) is 0. The first-order chi connectivity index (χ1) is 8.31. The maximum Gasteiger partial charge on any atom is 0.0605 e. The number of rotatable bonds is 6. The number of nitrogens with one attached hydrogen (secondary N) is 1. The zero-order chi connectivity index (χ0) is 12.1. The number of thioether (sulfide) groups is 1. The summed E-state index contributed by atoms with van der Waals surface area (Å²) in [4.78, 5) is 4.52. The van der Waals surface area contributed by atoms with Crippen molar-refractivity contribution in [3.63, 3.8) is 0 Å². The molecule has 0 spiro atoms. The molecular formula is C14H22N2S. The Bertz CT molecular complexity index is 354. The van der Waals surface area contributed by atoms with E-state index in [1.165, 1.54) is 42.0 Å². The quantitative estimate of drug-likeness (QED) is 0.785. The molecule has 0 saturated heterocycles. The third kappa shape index (κ3) is 3.46. The lowest BCUT2D eigenvalue weighted by Crippen LogP contribution is -2.30. The van der Waals surface area contributed by atoms with Gasteiger partial charge in [-0.1, -0.05) is 13.0 Å². The smallest absolute Gasteiger partial charge is 0.0605 e. The number of nitrogens with zero attached hydrogens (tertiary/aromatic N) is 1. The maximum absolute atomic E-state index is 4.52. The lowest BCUT2D eigenvalue weighted by molar-refractivity contribution is 0.441. The molecule has 0 radical (unpaired) electrons. The van der Waals surface area contributed by atoms with E-state index in [1.807, 2.05) is 24.0 Å². The normalized spacial score (nSPS) is 20.2. The fourth-order valence-corrected chi connectivity index (χ4v) is 3.21. The van der Waals surface area contributed by atoms with Gasteiger partial charge in [-0.25, -0.2) is 0 Å². The first kappa shape index (κ1) is 12.9. The first-order valence-electron chi connectivity index (χ1n) is 6.59. The number of pyridine rings is 1. The highest BCUT2D eigenvalue weighted by Crippen LogP contribution is 2.29. The van der Waals surface area contributed by atoms with E-state index in [9.17, 15) is 0 Å². The predicted molar refractivity (Wildman–Crippen MR) is 75.5 cm³/mol. The van der Waals surface area contributed by atoms with Crippen molar-refractivity contribution < 1.29 is 0 Å². The molecule has 2 unspecified atom stereocenters. The Morgan fingerprint density at radius 2 is 2.47 bits per heavy atom. The van der Waals surface area contributed by atoms with E-state index in [-0.39, 0.29) is 0 Å². The third-order valence-electron chi connectivity index (χ3n) is 3.34. The third-order valence-corrected chi connectivity index (χ3v) is 4.28. The van der Waals surface area contributed by atoms with Crippen molar-refractivity contribution in [3.05, 3.63) is 29.6 Å². The van der Waals surface area contributed by atoms with Crippen molar-refractivity contribution in [1.29, 1.82) is 0 Å². The Morgan fingerprint density at radius 1 is 1.59 bits per heavy atom. The standard InChI is InChI=1S/C14H22N2S/c1-3-17-10-8-11(2)16-13-7-6-12-5-4-9-15-14(12)13/h4-5,9,11,13,16H,3,6-8,10H2,1-2H3. The lowest BCUT2D eigenvalue weighted by Gasteiger charge is -2.19. The number of aryl methyl sites for hydroxylation is 1. The van der Waals surface area contributed by atoms with Crippen molar-refractivity contribution in [2.24, 2.45) is 0 Å². The van der Waals surface area contributed by atoms with Crippen LogP contribution in [0.4, 0.5) is 0 Å². The van der Waals surface area contributed by atoms with Crippen molar-refractivity contribution in [2.45, 2.75) is 45.2 Å². The molecule has 0 aromatic carbocycles. The van der Waals surface area contributed by atoms with Crippen LogP contribution >= 0.6 is 11.8 Å². The summed E-state index contributed by atoms with van der Waals surface area (Å²) in [5.41, 5.74) is 2.71. The second-order valence-electron chi connectivity index (χ2n) is 4.69. The Labute approximate surface area is 109 Å². The molecule has 0 saturated carbocycles. The molecule has 2 atom stereocenters. The molecule has 1 aromatic rings. The highest BCUT2D eigenvalue weighted by Gasteiger charge is 2.24. The molecule has 0 aliphatic heterocycles. The summed E-state index contributed by atoms with van der Waals surface area (Å²) >= 11 is 2.02. The van der Waals surface area contributed by atoms with Gasteiger partial charge in [0.2, 0.25) is 0 Å². The van der Waals surface area contributed by atoms with Gasteiger partial charge in [-0.2, -0.15) is 11.8 Å². The highest BCUT2D eigenvalue weighted by molar-refractivity contribution is 7.99. The van der Waals surface area contributed by atoms with Crippen LogP contribution < -0.4 is 5.32 Å². The van der Waals surface area contributed by atoms with E-state index in [2.05, 4.69) is 30.2 Å². The average molecular weight is 250 g/mol. The predicted octanol–water partition coefficient (Wildman–Crippen LogP) is 3.19. The second kappa shape index (κ2) is 6.41. The van der Waals surface area contributed by atoms with Crippen LogP contribution in [0.25, 0.3) is 0 Å². The van der Waals surface area contributed by atoms with Crippen molar-refractivity contribution in [3.8, 4) is 0 Å². The van der Waals surface area contributed by atoms with Crippen LogP contribution in [0.2, 0.25) is 0 Å². The van der Waals surface area contributed by atoms with Gasteiger partial charge in [0.25, 0.3) is 0 Å². The molecule has 2 rings (SSSR count). The minimum absolute atomic E-state index is 0.479. The van der Waals surface area contributed by atoms with Crippen LogP contribution in [0.3, 0.4) is 0 Å². The average Bonchev–Trinajstić information content (AvgIpc) is 2.73. The zero-order valence-electron chi connectivity index (χ0n) is 10.8. The van der Waals surface area contributed by atoms with Gasteiger partial charge in [0, 0.05) is 12.2 Å².